The van der Waals surface area contributed by atoms with Crippen LogP contribution in [0.25, 0.3) is 11.0 Å². The first kappa shape index (κ1) is 18.9. The Hall–Kier alpha value is -3.48. The molecule has 0 aliphatic carbocycles. The number of amides is 2. The van der Waals surface area contributed by atoms with Crippen LogP contribution in [0.4, 0.5) is 5.82 Å². The lowest BCUT2D eigenvalue weighted by atomic mass is 9.96. The number of carbonyl (C=O) groups is 2. The molecule has 0 saturated carbocycles. The minimum atomic E-state index is -0.663. The van der Waals surface area contributed by atoms with Crippen LogP contribution < -0.4 is 10.9 Å². The monoisotopic (exact) mass is 391 g/mol. The summed E-state index contributed by atoms with van der Waals surface area (Å²) in [6.07, 6.45) is 2.98. The van der Waals surface area contributed by atoms with Crippen LogP contribution in [0.15, 0.2) is 57.9 Å². The second-order valence-electron chi connectivity index (χ2n) is 7.23. The molecule has 1 aliphatic heterocycles. The van der Waals surface area contributed by atoms with Crippen molar-refractivity contribution in [1.82, 2.24) is 9.88 Å². The smallest absolute Gasteiger partial charge is 0.349 e. The lowest BCUT2D eigenvalue weighted by Crippen LogP contribution is -2.44. The van der Waals surface area contributed by atoms with Crippen molar-refractivity contribution in [2.75, 3.05) is 18.4 Å². The molecule has 7 heteroatoms. The van der Waals surface area contributed by atoms with E-state index in [4.69, 9.17) is 4.42 Å². The van der Waals surface area contributed by atoms with E-state index in [-0.39, 0.29) is 23.9 Å². The summed E-state index contributed by atoms with van der Waals surface area (Å²) in [5, 5.41) is 3.53. The Balaban J connectivity index is 1.51. The second kappa shape index (κ2) is 7.87. The summed E-state index contributed by atoms with van der Waals surface area (Å²) in [6.45, 7) is 2.62. The SMILES string of the molecule is Cc1cccnc1NC(=O)C1CCCN(C(=O)c2cc3ccccc3oc2=O)C1. The summed E-state index contributed by atoms with van der Waals surface area (Å²) in [7, 11) is 0. The molecule has 0 bridgehead atoms. The van der Waals surface area contributed by atoms with E-state index in [1.807, 2.05) is 19.1 Å². The Morgan fingerprint density at radius 3 is 2.86 bits per heavy atom. The first-order chi connectivity index (χ1) is 14.0. The average molecular weight is 391 g/mol. The fourth-order valence-electron chi connectivity index (χ4n) is 3.59. The Bertz CT molecular complexity index is 1140. The Kier molecular flexibility index (Phi) is 5.12. The van der Waals surface area contributed by atoms with Crippen molar-refractivity contribution in [1.29, 1.82) is 0 Å². The number of aryl methyl sites for hydroxylation is 1. The van der Waals surface area contributed by atoms with E-state index >= 15 is 0 Å². The van der Waals surface area contributed by atoms with Crippen molar-refractivity contribution in [3.8, 4) is 0 Å². The first-order valence-electron chi connectivity index (χ1n) is 9.57. The number of fused-ring (bicyclic) bond motifs is 1. The number of likely N-dealkylation sites (tertiary alicyclic amines) is 1. The quantitative estimate of drug-likeness (QED) is 0.693. The van der Waals surface area contributed by atoms with Gasteiger partial charge in [-0.05, 0) is 43.5 Å². The molecule has 3 aromatic rings. The highest BCUT2D eigenvalue weighted by Gasteiger charge is 2.30. The Labute approximate surface area is 167 Å². The lowest BCUT2D eigenvalue weighted by Gasteiger charge is -2.31. The number of aromatic nitrogens is 1. The summed E-state index contributed by atoms with van der Waals surface area (Å²) in [4.78, 5) is 43.7. The van der Waals surface area contributed by atoms with E-state index in [9.17, 15) is 14.4 Å². The van der Waals surface area contributed by atoms with E-state index in [0.29, 0.717) is 36.2 Å². The third-order valence-electron chi connectivity index (χ3n) is 5.20. The number of piperidine rings is 1. The van der Waals surface area contributed by atoms with Crippen molar-refractivity contribution in [3.05, 3.63) is 70.2 Å². The summed E-state index contributed by atoms with van der Waals surface area (Å²) in [6, 6.07) is 12.3. The third-order valence-corrected chi connectivity index (χ3v) is 5.20. The van der Waals surface area contributed by atoms with E-state index in [2.05, 4.69) is 10.3 Å². The largest absolute Gasteiger partial charge is 0.422 e. The van der Waals surface area contributed by atoms with Gasteiger partial charge in [0.25, 0.3) is 5.91 Å². The van der Waals surface area contributed by atoms with Crippen molar-refractivity contribution < 1.29 is 14.0 Å². The number of hydrogen-bond acceptors (Lipinski definition) is 5. The van der Waals surface area contributed by atoms with Gasteiger partial charge in [0.2, 0.25) is 5.91 Å². The van der Waals surface area contributed by atoms with Gasteiger partial charge in [-0.1, -0.05) is 24.3 Å². The lowest BCUT2D eigenvalue weighted by molar-refractivity contribution is -0.121. The Morgan fingerprint density at radius 2 is 2.03 bits per heavy atom. The van der Waals surface area contributed by atoms with Crippen LogP contribution in [0, 0.1) is 12.8 Å². The van der Waals surface area contributed by atoms with Gasteiger partial charge in [-0.15, -0.1) is 0 Å². The van der Waals surface area contributed by atoms with Crippen LogP contribution in [-0.2, 0) is 4.79 Å². The maximum atomic E-state index is 13.0. The standard InChI is InChI=1S/C22H21N3O4/c1-14-6-4-10-23-19(14)24-20(26)16-8-5-11-25(13-16)21(27)17-12-15-7-2-3-9-18(15)29-22(17)28/h2-4,6-7,9-10,12,16H,5,8,11,13H2,1H3,(H,23,24,26). The zero-order chi connectivity index (χ0) is 20.4. The maximum Gasteiger partial charge on any atom is 0.349 e. The van der Waals surface area contributed by atoms with Crippen molar-refractivity contribution in [2.24, 2.45) is 5.92 Å². The number of para-hydroxylation sites is 1. The molecule has 1 saturated heterocycles. The van der Waals surface area contributed by atoms with Gasteiger partial charge < -0.3 is 14.6 Å². The maximum absolute atomic E-state index is 13.0. The number of nitrogens with one attached hydrogen (secondary N) is 1. The summed E-state index contributed by atoms with van der Waals surface area (Å²) in [5.41, 5.74) is 0.642. The van der Waals surface area contributed by atoms with Gasteiger partial charge in [-0.2, -0.15) is 0 Å². The topological polar surface area (TPSA) is 92.5 Å². The zero-order valence-electron chi connectivity index (χ0n) is 16.1. The van der Waals surface area contributed by atoms with Gasteiger partial charge in [0.1, 0.15) is 17.0 Å². The molecule has 0 spiro atoms. The number of hydrogen-bond donors (Lipinski definition) is 1. The van der Waals surface area contributed by atoms with Crippen molar-refractivity contribution in [3.63, 3.8) is 0 Å². The number of nitrogens with zero attached hydrogens (tertiary/aromatic N) is 2. The number of benzene rings is 1. The molecule has 1 aromatic carbocycles. The predicted molar refractivity (Wildman–Crippen MR) is 109 cm³/mol. The second-order valence-corrected chi connectivity index (χ2v) is 7.23. The van der Waals surface area contributed by atoms with Crippen LogP contribution in [0.2, 0.25) is 0 Å². The van der Waals surface area contributed by atoms with Gasteiger partial charge in [-0.3, -0.25) is 9.59 Å². The van der Waals surface area contributed by atoms with E-state index in [1.54, 1.807) is 41.4 Å². The number of rotatable bonds is 3. The normalized spacial score (nSPS) is 16.6. The highest BCUT2D eigenvalue weighted by atomic mass is 16.4. The van der Waals surface area contributed by atoms with E-state index < -0.39 is 11.5 Å². The molecule has 7 nitrogen and oxygen atoms in total. The predicted octanol–water partition coefficient (Wildman–Crippen LogP) is 2.99. The molecule has 148 valence electrons. The minimum absolute atomic E-state index is 0.00895. The highest BCUT2D eigenvalue weighted by Crippen LogP contribution is 2.21. The van der Waals surface area contributed by atoms with Crippen molar-refractivity contribution in [2.45, 2.75) is 19.8 Å². The van der Waals surface area contributed by atoms with Gasteiger partial charge in [0.05, 0.1) is 5.92 Å². The summed E-state index contributed by atoms with van der Waals surface area (Å²) >= 11 is 0. The molecule has 2 amide bonds. The van der Waals surface area contributed by atoms with Crippen LogP contribution in [0.3, 0.4) is 0 Å². The van der Waals surface area contributed by atoms with Crippen LogP contribution >= 0.6 is 0 Å². The number of carbonyl (C=O) groups excluding carboxylic acids is 2. The molecule has 1 fully saturated rings. The fraction of sp³-hybridized carbons (Fsp3) is 0.273. The van der Waals surface area contributed by atoms with Crippen molar-refractivity contribution >= 4 is 28.6 Å². The zero-order valence-corrected chi connectivity index (χ0v) is 16.1. The molecule has 2 aromatic heterocycles. The molecule has 3 heterocycles. The minimum Gasteiger partial charge on any atom is -0.422 e. The number of pyridine rings is 1. The molecule has 0 radical (unpaired) electrons. The van der Waals surface area contributed by atoms with Gasteiger partial charge in [-0.25, -0.2) is 9.78 Å². The number of anilines is 1. The average Bonchev–Trinajstić information content (AvgIpc) is 2.74. The Morgan fingerprint density at radius 1 is 1.21 bits per heavy atom. The van der Waals surface area contributed by atoms with E-state index in [1.165, 1.54) is 0 Å². The summed E-state index contributed by atoms with van der Waals surface area (Å²) < 4.78 is 5.28. The van der Waals surface area contributed by atoms with E-state index in [0.717, 1.165) is 5.56 Å². The third kappa shape index (κ3) is 3.89. The molecular weight excluding hydrogens is 370 g/mol. The van der Waals surface area contributed by atoms with Crippen LogP contribution in [0.1, 0.15) is 28.8 Å². The van der Waals surface area contributed by atoms with Crippen LogP contribution in [0.5, 0.6) is 0 Å². The summed E-state index contributed by atoms with van der Waals surface area (Å²) in [5.74, 6) is -0.413. The molecule has 1 N–H and O–H groups in total. The molecule has 1 atom stereocenters. The highest BCUT2D eigenvalue weighted by molar-refractivity contribution is 5.98. The van der Waals surface area contributed by atoms with Gasteiger partial charge in [0.15, 0.2) is 0 Å². The molecule has 1 aliphatic rings. The molecule has 29 heavy (non-hydrogen) atoms. The molecule has 4 rings (SSSR count). The van der Waals surface area contributed by atoms with Gasteiger partial charge in [0, 0.05) is 24.7 Å². The van der Waals surface area contributed by atoms with Crippen LogP contribution in [-0.4, -0.2) is 34.8 Å². The van der Waals surface area contributed by atoms with Gasteiger partial charge >= 0.3 is 5.63 Å². The first-order valence-corrected chi connectivity index (χ1v) is 9.57. The fourth-order valence-corrected chi connectivity index (χ4v) is 3.59. The molecule has 1 unspecified atom stereocenters. The molecular formula is C22H21N3O4.